The van der Waals surface area contributed by atoms with Gasteiger partial charge in [-0.05, 0) is 71.3 Å². The molecule has 0 aliphatic carbocycles. The molecule has 0 saturated carbocycles. The molecule has 0 aliphatic heterocycles. The first-order valence-corrected chi connectivity index (χ1v) is 11.1. The Kier molecular flexibility index (Phi) is 5.87. The van der Waals surface area contributed by atoms with Crippen LogP contribution in [-0.4, -0.2) is 0 Å². The number of aryl methyl sites for hydroxylation is 2. The van der Waals surface area contributed by atoms with Gasteiger partial charge in [0.05, 0.1) is 5.56 Å². The number of benzene rings is 3. The monoisotopic (exact) mass is 422 g/mol. The summed E-state index contributed by atoms with van der Waals surface area (Å²) in [6.07, 6.45) is -0.373. The van der Waals surface area contributed by atoms with Gasteiger partial charge in [0.1, 0.15) is 5.75 Å². The Hall–Kier alpha value is -2.72. The Morgan fingerprint density at radius 3 is 2.20 bits per heavy atom. The lowest BCUT2D eigenvalue weighted by Gasteiger charge is -2.18. The largest absolute Gasteiger partial charge is 0.429 e. The zero-order chi connectivity index (χ0) is 21.1. The lowest BCUT2D eigenvalue weighted by atomic mass is 10.1. The van der Waals surface area contributed by atoms with Crippen LogP contribution < -0.4 is 4.74 Å². The normalized spacial score (nSPS) is 11.7. The zero-order valence-corrected chi connectivity index (χ0v) is 17.9. The van der Waals surface area contributed by atoms with Gasteiger partial charge in [-0.15, -0.1) is 11.3 Å². The molecule has 0 unspecified atom stereocenters. The summed E-state index contributed by atoms with van der Waals surface area (Å²) >= 11 is 1.59. The molecular formula is C26H24F2OS. The van der Waals surface area contributed by atoms with Gasteiger partial charge in [0.15, 0.2) is 0 Å². The average molecular weight is 423 g/mol. The van der Waals surface area contributed by atoms with E-state index in [9.17, 15) is 8.78 Å². The zero-order valence-electron chi connectivity index (χ0n) is 17.1. The minimum absolute atomic E-state index is 0.140. The first kappa shape index (κ1) is 20.5. The molecule has 0 atom stereocenters. The van der Waals surface area contributed by atoms with E-state index >= 15 is 0 Å². The van der Waals surface area contributed by atoms with Gasteiger partial charge in [0, 0.05) is 9.58 Å². The molecule has 30 heavy (non-hydrogen) atoms. The van der Waals surface area contributed by atoms with Crippen LogP contribution in [0.25, 0.3) is 20.5 Å². The Morgan fingerprint density at radius 1 is 0.833 bits per heavy atom. The SMILES string of the molecule is CCCc1ccc(-c2cc3ccc(OC(F)(F)c4ccc(CC)cc4)cc3s2)cc1. The molecule has 4 rings (SSSR count). The molecule has 0 saturated heterocycles. The molecule has 0 spiro atoms. The summed E-state index contributed by atoms with van der Waals surface area (Å²) < 4.78 is 35.3. The van der Waals surface area contributed by atoms with Crippen molar-refractivity contribution in [1.82, 2.24) is 0 Å². The quantitative estimate of drug-likeness (QED) is 0.291. The summed E-state index contributed by atoms with van der Waals surface area (Å²) in [5, 5.41) is 1.02. The van der Waals surface area contributed by atoms with Crippen molar-refractivity contribution in [3.63, 3.8) is 0 Å². The third-order valence-electron chi connectivity index (χ3n) is 5.21. The van der Waals surface area contributed by atoms with Crippen LogP contribution in [0.1, 0.15) is 37.0 Å². The number of fused-ring (bicyclic) bond motifs is 1. The van der Waals surface area contributed by atoms with Crippen LogP contribution in [0.2, 0.25) is 0 Å². The third kappa shape index (κ3) is 4.39. The number of ether oxygens (including phenoxy) is 1. The van der Waals surface area contributed by atoms with E-state index in [4.69, 9.17) is 4.74 Å². The number of alkyl halides is 2. The lowest BCUT2D eigenvalue weighted by molar-refractivity contribution is -0.185. The lowest BCUT2D eigenvalue weighted by Crippen LogP contribution is -2.21. The van der Waals surface area contributed by atoms with Crippen molar-refractivity contribution in [2.75, 3.05) is 0 Å². The predicted octanol–water partition coefficient (Wildman–Crippen LogP) is 8.21. The van der Waals surface area contributed by atoms with Gasteiger partial charge in [-0.2, -0.15) is 8.78 Å². The number of rotatable bonds is 7. The first-order valence-electron chi connectivity index (χ1n) is 10.3. The molecular weight excluding hydrogens is 398 g/mol. The molecule has 0 N–H and O–H groups in total. The van der Waals surface area contributed by atoms with Crippen LogP contribution in [0.5, 0.6) is 5.75 Å². The Balaban J connectivity index is 1.57. The van der Waals surface area contributed by atoms with E-state index in [1.54, 1.807) is 35.6 Å². The average Bonchev–Trinajstić information content (AvgIpc) is 3.17. The van der Waals surface area contributed by atoms with Crippen molar-refractivity contribution in [3.8, 4) is 16.2 Å². The van der Waals surface area contributed by atoms with E-state index in [2.05, 4.69) is 37.3 Å². The van der Waals surface area contributed by atoms with Crippen LogP contribution in [0.4, 0.5) is 8.78 Å². The molecule has 0 radical (unpaired) electrons. The van der Waals surface area contributed by atoms with Crippen LogP contribution in [0, 0.1) is 0 Å². The smallest absolute Gasteiger partial charge is 0.426 e. The molecule has 0 fully saturated rings. The second-order valence-electron chi connectivity index (χ2n) is 7.43. The van der Waals surface area contributed by atoms with Gasteiger partial charge in [-0.25, -0.2) is 0 Å². The van der Waals surface area contributed by atoms with Crippen LogP contribution in [-0.2, 0) is 19.0 Å². The summed E-state index contributed by atoms with van der Waals surface area (Å²) in [6, 6.07) is 22.1. The standard InChI is InChI=1S/C26H24F2OS/c1-3-5-19-6-10-20(11-7-19)24-16-21-12-15-23(17-25(21)30-24)29-26(27,28)22-13-8-18(4-2)9-14-22/h6-17H,3-5H2,1-2H3. The molecule has 0 amide bonds. The number of halogens is 2. The molecule has 4 heteroatoms. The maximum Gasteiger partial charge on any atom is 0.426 e. The number of hydrogen-bond acceptors (Lipinski definition) is 2. The van der Waals surface area contributed by atoms with Crippen molar-refractivity contribution in [2.45, 2.75) is 39.2 Å². The molecule has 1 heterocycles. The molecule has 0 aliphatic rings. The van der Waals surface area contributed by atoms with E-state index in [0.717, 1.165) is 45.4 Å². The molecule has 4 aromatic rings. The predicted molar refractivity (Wildman–Crippen MR) is 122 cm³/mol. The maximum absolute atomic E-state index is 14.6. The molecule has 154 valence electrons. The first-order chi connectivity index (χ1) is 14.5. The minimum Gasteiger partial charge on any atom is -0.429 e. The summed E-state index contributed by atoms with van der Waals surface area (Å²) in [4.78, 5) is 1.12. The fraction of sp³-hybridized carbons (Fsp3) is 0.231. The highest BCUT2D eigenvalue weighted by Gasteiger charge is 2.34. The topological polar surface area (TPSA) is 9.23 Å². The molecule has 1 nitrogen and oxygen atoms in total. The number of hydrogen-bond donors (Lipinski definition) is 0. The Morgan fingerprint density at radius 2 is 1.53 bits per heavy atom. The second kappa shape index (κ2) is 8.57. The van der Waals surface area contributed by atoms with Gasteiger partial charge in [-0.3, -0.25) is 0 Å². The Labute approximate surface area is 180 Å². The molecule has 1 aromatic heterocycles. The highest BCUT2D eigenvalue weighted by molar-refractivity contribution is 7.22. The highest BCUT2D eigenvalue weighted by Crippen LogP contribution is 2.38. The van der Waals surface area contributed by atoms with Crippen LogP contribution in [0.15, 0.2) is 72.8 Å². The van der Waals surface area contributed by atoms with E-state index < -0.39 is 6.11 Å². The highest BCUT2D eigenvalue weighted by atomic mass is 32.1. The van der Waals surface area contributed by atoms with Crippen molar-refractivity contribution < 1.29 is 13.5 Å². The van der Waals surface area contributed by atoms with Gasteiger partial charge in [0.25, 0.3) is 0 Å². The van der Waals surface area contributed by atoms with Crippen molar-refractivity contribution in [1.29, 1.82) is 0 Å². The molecule has 0 bridgehead atoms. The van der Waals surface area contributed by atoms with E-state index in [0.29, 0.717) is 0 Å². The fourth-order valence-corrected chi connectivity index (χ4v) is 4.58. The van der Waals surface area contributed by atoms with Crippen LogP contribution >= 0.6 is 11.3 Å². The van der Waals surface area contributed by atoms with Crippen molar-refractivity contribution in [2.24, 2.45) is 0 Å². The van der Waals surface area contributed by atoms with Gasteiger partial charge >= 0.3 is 6.11 Å². The van der Waals surface area contributed by atoms with Gasteiger partial charge in [0.2, 0.25) is 0 Å². The minimum atomic E-state index is -3.38. The van der Waals surface area contributed by atoms with Gasteiger partial charge in [-0.1, -0.05) is 56.7 Å². The number of thiophene rings is 1. The van der Waals surface area contributed by atoms with E-state index in [-0.39, 0.29) is 11.3 Å². The van der Waals surface area contributed by atoms with E-state index in [1.165, 1.54) is 17.7 Å². The second-order valence-corrected chi connectivity index (χ2v) is 8.51. The summed E-state index contributed by atoms with van der Waals surface area (Å²) in [5.41, 5.74) is 3.34. The van der Waals surface area contributed by atoms with Gasteiger partial charge < -0.3 is 4.74 Å². The molecule has 3 aromatic carbocycles. The fourth-order valence-electron chi connectivity index (χ4n) is 3.48. The van der Waals surface area contributed by atoms with E-state index in [1.807, 2.05) is 13.0 Å². The van der Waals surface area contributed by atoms with Crippen molar-refractivity contribution >= 4 is 21.4 Å². The summed E-state index contributed by atoms with van der Waals surface area (Å²) in [7, 11) is 0. The maximum atomic E-state index is 14.6. The third-order valence-corrected chi connectivity index (χ3v) is 6.36. The summed E-state index contributed by atoms with van der Waals surface area (Å²) in [6.45, 7) is 4.16. The van der Waals surface area contributed by atoms with Crippen molar-refractivity contribution in [3.05, 3.63) is 89.5 Å². The van der Waals surface area contributed by atoms with Crippen LogP contribution in [0.3, 0.4) is 0 Å². The summed E-state index contributed by atoms with van der Waals surface area (Å²) in [5.74, 6) is 0.166. The Bertz CT molecular complexity index is 1130.